The summed E-state index contributed by atoms with van der Waals surface area (Å²) in [6.45, 7) is 0. The quantitative estimate of drug-likeness (QED) is 0.764. The summed E-state index contributed by atoms with van der Waals surface area (Å²) in [6, 6.07) is 6.05. The van der Waals surface area contributed by atoms with Crippen molar-refractivity contribution in [1.82, 2.24) is 0 Å². The van der Waals surface area contributed by atoms with Crippen LogP contribution in [0.25, 0.3) is 0 Å². The molecular formula is C17H10F5NO4S. The SMILES string of the molecule is N#Cc1cc(Oc2ccc(S(=O)(=O)C(F)F)c3c2CC(F)(F)C3O)ccc1F. The zero-order valence-electron chi connectivity index (χ0n) is 13.7. The van der Waals surface area contributed by atoms with E-state index >= 15 is 0 Å². The molecular weight excluding hydrogens is 409 g/mol. The van der Waals surface area contributed by atoms with Crippen LogP contribution in [0.2, 0.25) is 0 Å². The van der Waals surface area contributed by atoms with Gasteiger partial charge in [-0.3, -0.25) is 0 Å². The average molecular weight is 419 g/mol. The molecule has 11 heteroatoms. The lowest BCUT2D eigenvalue weighted by atomic mass is 10.1. The fourth-order valence-electron chi connectivity index (χ4n) is 2.87. The Labute approximate surface area is 155 Å². The van der Waals surface area contributed by atoms with Crippen molar-refractivity contribution in [3.63, 3.8) is 0 Å². The first kappa shape index (κ1) is 20.0. The lowest BCUT2D eigenvalue weighted by Gasteiger charge is -2.16. The monoisotopic (exact) mass is 419 g/mol. The van der Waals surface area contributed by atoms with Crippen LogP contribution in [-0.2, 0) is 16.3 Å². The van der Waals surface area contributed by atoms with Crippen molar-refractivity contribution in [1.29, 1.82) is 5.26 Å². The lowest BCUT2D eigenvalue weighted by Crippen LogP contribution is -2.23. The normalized spacial score (nSPS) is 18.0. The zero-order chi connectivity index (χ0) is 20.9. The van der Waals surface area contributed by atoms with Crippen LogP contribution >= 0.6 is 0 Å². The molecule has 0 radical (unpaired) electrons. The molecule has 1 unspecified atom stereocenters. The van der Waals surface area contributed by atoms with Gasteiger partial charge in [0.1, 0.15) is 29.5 Å². The van der Waals surface area contributed by atoms with E-state index in [4.69, 9.17) is 10.00 Å². The maximum Gasteiger partial charge on any atom is 0.341 e. The van der Waals surface area contributed by atoms with Crippen molar-refractivity contribution in [2.24, 2.45) is 0 Å². The molecule has 0 heterocycles. The van der Waals surface area contributed by atoms with Crippen molar-refractivity contribution in [2.75, 3.05) is 0 Å². The van der Waals surface area contributed by atoms with Gasteiger partial charge in [-0.15, -0.1) is 0 Å². The number of sulfone groups is 1. The molecule has 1 N–H and O–H groups in total. The summed E-state index contributed by atoms with van der Waals surface area (Å²) in [4.78, 5) is -1.12. The first-order chi connectivity index (χ1) is 13.0. The number of aliphatic hydroxyl groups is 1. The Bertz CT molecular complexity index is 1100. The summed E-state index contributed by atoms with van der Waals surface area (Å²) in [5.74, 6) is -9.00. The number of nitrogens with zero attached hydrogens (tertiary/aromatic N) is 1. The van der Waals surface area contributed by atoms with Crippen LogP contribution < -0.4 is 4.74 Å². The van der Waals surface area contributed by atoms with Crippen LogP contribution in [0.4, 0.5) is 22.0 Å². The third-order valence-electron chi connectivity index (χ3n) is 4.19. The Morgan fingerprint density at radius 1 is 1.25 bits per heavy atom. The summed E-state index contributed by atoms with van der Waals surface area (Å²) in [7, 11) is -5.27. The number of ether oxygens (including phenoxy) is 1. The Morgan fingerprint density at radius 3 is 2.54 bits per heavy atom. The number of alkyl halides is 4. The van der Waals surface area contributed by atoms with Gasteiger partial charge >= 0.3 is 5.76 Å². The molecule has 0 spiro atoms. The minimum atomic E-state index is -5.27. The second-order valence-electron chi connectivity index (χ2n) is 5.96. The van der Waals surface area contributed by atoms with E-state index < -0.39 is 61.4 Å². The van der Waals surface area contributed by atoms with Crippen LogP contribution in [0.15, 0.2) is 35.2 Å². The maximum absolute atomic E-state index is 14.0. The van der Waals surface area contributed by atoms with Crippen molar-refractivity contribution in [3.8, 4) is 17.6 Å². The molecule has 148 valence electrons. The molecule has 2 aromatic rings. The van der Waals surface area contributed by atoms with Gasteiger partial charge in [-0.05, 0) is 24.3 Å². The molecule has 0 aromatic heterocycles. The third kappa shape index (κ3) is 3.18. The molecule has 0 saturated carbocycles. The minimum Gasteiger partial charge on any atom is -0.457 e. The topological polar surface area (TPSA) is 87.4 Å². The summed E-state index contributed by atoms with van der Waals surface area (Å²) in [5.41, 5.74) is -1.73. The van der Waals surface area contributed by atoms with Gasteiger partial charge in [-0.2, -0.15) is 14.0 Å². The molecule has 28 heavy (non-hydrogen) atoms. The summed E-state index contributed by atoms with van der Waals surface area (Å²) < 4.78 is 96.2. The van der Waals surface area contributed by atoms with Crippen LogP contribution in [0.1, 0.15) is 22.8 Å². The van der Waals surface area contributed by atoms with E-state index in [1.54, 1.807) is 6.07 Å². The van der Waals surface area contributed by atoms with Gasteiger partial charge in [0.05, 0.1) is 10.5 Å². The molecule has 0 fully saturated rings. The van der Waals surface area contributed by atoms with Crippen LogP contribution in [0.3, 0.4) is 0 Å². The number of hydrogen-bond acceptors (Lipinski definition) is 5. The predicted molar refractivity (Wildman–Crippen MR) is 84.4 cm³/mol. The molecule has 1 atom stereocenters. The van der Waals surface area contributed by atoms with Crippen molar-refractivity contribution < 1.29 is 40.2 Å². The van der Waals surface area contributed by atoms with Gasteiger partial charge in [0, 0.05) is 23.6 Å². The van der Waals surface area contributed by atoms with Gasteiger partial charge < -0.3 is 9.84 Å². The largest absolute Gasteiger partial charge is 0.457 e. The van der Waals surface area contributed by atoms with Crippen LogP contribution in [0.5, 0.6) is 11.5 Å². The fraction of sp³-hybridized carbons (Fsp3) is 0.235. The van der Waals surface area contributed by atoms with Crippen molar-refractivity contribution in [2.45, 2.75) is 29.1 Å². The maximum atomic E-state index is 14.0. The standard InChI is InChI=1S/C17H10F5NO4S/c18-11-2-1-9(5-8(11)7-23)27-12-3-4-13(28(25,26)16(19)20)14-10(12)6-17(21,22)15(14)24/h1-5,15-16,24H,6H2. The van der Waals surface area contributed by atoms with E-state index in [-0.39, 0.29) is 11.5 Å². The van der Waals surface area contributed by atoms with E-state index in [0.717, 1.165) is 24.3 Å². The molecule has 0 amide bonds. The van der Waals surface area contributed by atoms with Crippen molar-refractivity contribution in [3.05, 3.63) is 52.8 Å². The average Bonchev–Trinajstić information content (AvgIpc) is 2.87. The Balaban J connectivity index is 2.15. The Hall–Kier alpha value is -2.71. The third-order valence-corrected chi connectivity index (χ3v) is 5.63. The molecule has 0 saturated heterocycles. The second-order valence-corrected chi connectivity index (χ2v) is 7.84. The number of aliphatic hydroxyl groups excluding tert-OH is 1. The highest BCUT2D eigenvalue weighted by Gasteiger charge is 2.51. The van der Waals surface area contributed by atoms with Gasteiger partial charge in [-0.1, -0.05) is 0 Å². The lowest BCUT2D eigenvalue weighted by molar-refractivity contribution is -0.0976. The van der Waals surface area contributed by atoms with E-state index in [1.807, 2.05) is 0 Å². The van der Waals surface area contributed by atoms with E-state index in [1.165, 1.54) is 0 Å². The zero-order valence-corrected chi connectivity index (χ0v) is 14.5. The minimum absolute atomic E-state index is 0.130. The highest BCUT2D eigenvalue weighted by molar-refractivity contribution is 7.91. The fourth-order valence-corrected chi connectivity index (χ4v) is 3.86. The number of rotatable bonds is 4. The van der Waals surface area contributed by atoms with Crippen molar-refractivity contribution >= 4 is 9.84 Å². The smallest absolute Gasteiger partial charge is 0.341 e. The van der Waals surface area contributed by atoms with Gasteiger partial charge in [0.2, 0.25) is 9.84 Å². The Morgan fingerprint density at radius 2 is 1.93 bits per heavy atom. The predicted octanol–water partition coefficient (Wildman–Crippen LogP) is 3.71. The summed E-state index contributed by atoms with van der Waals surface area (Å²) in [5, 5.41) is 18.7. The Kier molecular flexibility index (Phi) is 4.81. The molecule has 0 aliphatic heterocycles. The molecule has 1 aliphatic rings. The number of hydrogen-bond donors (Lipinski definition) is 1. The van der Waals surface area contributed by atoms with E-state index in [2.05, 4.69) is 0 Å². The van der Waals surface area contributed by atoms with Gasteiger partial charge in [-0.25, -0.2) is 21.6 Å². The number of nitriles is 1. The highest BCUT2D eigenvalue weighted by Crippen LogP contribution is 2.50. The number of benzene rings is 2. The summed E-state index contributed by atoms with van der Waals surface area (Å²) >= 11 is 0. The van der Waals surface area contributed by atoms with E-state index in [0.29, 0.717) is 6.07 Å². The number of fused-ring (bicyclic) bond motifs is 1. The first-order valence-electron chi connectivity index (χ1n) is 7.60. The summed E-state index contributed by atoms with van der Waals surface area (Å²) in [6.07, 6.45) is -3.78. The van der Waals surface area contributed by atoms with E-state index in [9.17, 15) is 35.5 Å². The molecule has 2 aromatic carbocycles. The van der Waals surface area contributed by atoms with Crippen LogP contribution in [-0.4, -0.2) is 25.2 Å². The molecule has 5 nitrogen and oxygen atoms in total. The van der Waals surface area contributed by atoms with Crippen LogP contribution in [0, 0.1) is 17.1 Å². The first-order valence-corrected chi connectivity index (χ1v) is 9.15. The molecule has 0 bridgehead atoms. The molecule has 3 rings (SSSR count). The molecule has 1 aliphatic carbocycles. The van der Waals surface area contributed by atoms with Gasteiger partial charge in [0.25, 0.3) is 5.92 Å². The second kappa shape index (κ2) is 6.72. The highest BCUT2D eigenvalue weighted by atomic mass is 32.2. The number of halogens is 5. The van der Waals surface area contributed by atoms with Gasteiger partial charge in [0.15, 0.2) is 0 Å².